The van der Waals surface area contributed by atoms with Gasteiger partial charge in [0.15, 0.2) is 9.84 Å². The molecule has 2 heterocycles. The number of aryl methyl sites for hydroxylation is 1. The number of carbonyl (C=O) groups excluding carboxylic acids is 1. The van der Waals surface area contributed by atoms with E-state index < -0.39 is 15.7 Å². The number of methoxy groups -OCH3 is 1. The Kier molecular flexibility index (Phi) is 4.75. The van der Waals surface area contributed by atoms with Crippen LogP contribution < -0.4 is 10.1 Å². The molecule has 0 aliphatic carbocycles. The van der Waals surface area contributed by atoms with Crippen LogP contribution in [0.25, 0.3) is 0 Å². The standard InChI is InChI=1S/C16H18ClN3O4S/c1-10-7-15(20(19-10)12-5-6-25(22,23)9-12)18-16(21)13-8-11(17)3-4-14(13)24-2/h3-4,7-8,12H,5-6,9H2,1-2H3,(H,18,21)/t12-/m1/s1. The van der Waals surface area contributed by atoms with Gasteiger partial charge >= 0.3 is 0 Å². The van der Waals surface area contributed by atoms with Crippen molar-refractivity contribution in [2.24, 2.45) is 0 Å². The number of hydrogen-bond donors (Lipinski definition) is 1. The zero-order chi connectivity index (χ0) is 18.2. The van der Waals surface area contributed by atoms with Gasteiger partial charge in [0.2, 0.25) is 0 Å². The van der Waals surface area contributed by atoms with Crippen LogP contribution >= 0.6 is 11.6 Å². The number of anilines is 1. The van der Waals surface area contributed by atoms with E-state index in [0.717, 1.165) is 0 Å². The molecule has 1 N–H and O–H groups in total. The topological polar surface area (TPSA) is 90.3 Å². The van der Waals surface area contributed by atoms with E-state index in [9.17, 15) is 13.2 Å². The van der Waals surface area contributed by atoms with Crippen LogP contribution in [0.5, 0.6) is 5.75 Å². The minimum atomic E-state index is -3.06. The lowest BCUT2D eigenvalue weighted by molar-refractivity contribution is 0.102. The Morgan fingerprint density at radius 2 is 2.16 bits per heavy atom. The number of nitrogens with zero attached hydrogens (tertiary/aromatic N) is 2. The van der Waals surface area contributed by atoms with Gasteiger partial charge in [-0.2, -0.15) is 5.10 Å². The van der Waals surface area contributed by atoms with Crippen LogP contribution in [-0.2, 0) is 9.84 Å². The molecule has 0 bridgehead atoms. The SMILES string of the molecule is COc1ccc(Cl)cc1C(=O)Nc1cc(C)nn1[C@@H]1CCS(=O)(=O)C1. The molecular formula is C16H18ClN3O4S. The van der Waals surface area contributed by atoms with Crippen molar-refractivity contribution in [3.05, 3.63) is 40.5 Å². The summed E-state index contributed by atoms with van der Waals surface area (Å²) in [7, 11) is -1.59. The van der Waals surface area contributed by atoms with E-state index in [-0.39, 0.29) is 17.5 Å². The van der Waals surface area contributed by atoms with E-state index in [1.165, 1.54) is 13.2 Å². The number of ether oxygens (including phenoxy) is 1. The maximum atomic E-state index is 12.6. The van der Waals surface area contributed by atoms with Crippen LogP contribution in [0.3, 0.4) is 0 Å². The highest BCUT2D eigenvalue weighted by Crippen LogP contribution is 2.28. The number of aromatic nitrogens is 2. The number of sulfone groups is 1. The molecule has 7 nitrogen and oxygen atoms in total. The molecule has 0 radical (unpaired) electrons. The van der Waals surface area contributed by atoms with Crippen molar-refractivity contribution in [3.63, 3.8) is 0 Å². The summed E-state index contributed by atoms with van der Waals surface area (Å²) in [5.74, 6) is 0.602. The predicted octanol–water partition coefficient (Wildman–Crippen LogP) is 2.47. The predicted molar refractivity (Wildman–Crippen MR) is 95.2 cm³/mol. The highest BCUT2D eigenvalue weighted by atomic mass is 35.5. The molecule has 134 valence electrons. The monoisotopic (exact) mass is 383 g/mol. The van der Waals surface area contributed by atoms with E-state index in [1.807, 2.05) is 0 Å². The second-order valence-electron chi connectivity index (χ2n) is 5.97. The summed E-state index contributed by atoms with van der Waals surface area (Å²) < 4.78 is 30.3. The second kappa shape index (κ2) is 6.68. The molecule has 0 unspecified atom stereocenters. The van der Waals surface area contributed by atoms with E-state index in [0.29, 0.717) is 34.3 Å². The maximum Gasteiger partial charge on any atom is 0.260 e. The van der Waals surface area contributed by atoms with Crippen LogP contribution in [0.1, 0.15) is 28.5 Å². The highest BCUT2D eigenvalue weighted by Gasteiger charge is 2.31. The fourth-order valence-corrected chi connectivity index (χ4v) is 4.76. The first-order chi connectivity index (χ1) is 11.8. The maximum absolute atomic E-state index is 12.6. The summed E-state index contributed by atoms with van der Waals surface area (Å²) >= 11 is 5.97. The van der Waals surface area contributed by atoms with E-state index >= 15 is 0 Å². The molecule has 1 amide bonds. The van der Waals surface area contributed by atoms with Crippen molar-refractivity contribution in [2.45, 2.75) is 19.4 Å². The van der Waals surface area contributed by atoms with Gasteiger partial charge in [0, 0.05) is 11.1 Å². The van der Waals surface area contributed by atoms with Gasteiger partial charge in [-0.1, -0.05) is 11.6 Å². The van der Waals surface area contributed by atoms with Crippen LogP contribution in [0.4, 0.5) is 5.82 Å². The Hall–Kier alpha value is -2.06. The van der Waals surface area contributed by atoms with Gasteiger partial charge in [-0.25, -0.2) is 13.1 Å². The van der Waals surface area contributed by atoms with E-state index in [2.05, 4.69) is 10.4 Å². The normalized spacial score (nSPS) is 18.9. The van der Waals surface area contributed by atoms with Gasteiger partial charge in [0.05, 0.1) is 35.9 Å². The van der Waals surface area contributed by atoms with Crippen molar-refractivity contribution in [1.82, 2.24) is 9.78 Å². The number of rotatable bonds is 4. The van der Waals surface area contributed by atoms with Gasteiger partial charge in [0.1, 0.15) is 11.6 Å². The quantitative estimate of drug-likeness (QED) is 0.875. The van der Waals surface area contributed by atoms with E-state index in [4.69, 9.17) is 16.3 Å². The minimum Gasteiger partial charge on any atom is -0.496 e. The lowest BCUT2D eigenvalue weighted by atomic mass is 10.2. The van der Waals surface area contributed by atoms with Crippen LogP contribution in [-0.4, -0.2) is 42.7 Å². The summed E-state index contributed by atoms with van der Waals surface area (Å²) in [6, 6.07) is 6.19. The molecule has 2 aromatic rings. The third kappa shape index (κ3) is 3.80. The number of amides is 1. The smallest absolute Gasteiger partial charge is 0.260 e. The summed E-state index contributed by atoms with van der Waals surface area (Å²) in [5.41, 5.74) is 0.983. The Morgan fingerprint density at radius 3 is 2.80 bits per heavy atom. The molecule has 25 heavy (non-hydrogen) atoms. The summed E-state index contributed by atoms with van der Waals surface area (Å²) in [6.45, 7) is 1.79. The largest absolute Gasteiger partial charge is 0.496 e. The zero-order valence-corrected chi connectivity index (χ0v) is 15.4. The molecular weight excluding hydrogens is 366 g/mol. The number of nitrogens with one attached hydrogen (secondary N) is 1. The molecule has 1 fully saturated rings. The minimum absolute atomic E-state index is 0.0253. The van der Waals surface area contributed by atoms with Gasteiger partial charge in [0.25, 0.3) is 5.91 Å². The van der Waals surface area contributed by atoms with Crippen LogP contribution in [0.15, 0.2) is 24.3 Å². The van der Waals surface area contributed by atoms with Gasteiger partial charge in [-0.15, -0.1) is 0 Å². The summed E-state index contributed by atoms with van der Waals surface area (Å²) in [6.07, 6.45) is 0.479. The fraction of sp³-hybridized carbons (Fsp3) is 0.375. The van der Waals surface area contributed by atoms with Crippen molar-refractivity contribution >= 4 is 33.2 Å². The summed E-state index contributed by atoms with van der Waals surface area (Å²) in [5, 5.41) is 7.54. The van der Waals surface area contributed by atoms with Crippen molar-refractivity contribution in [1.29, 1.82) is 0 Å². The molecule has 0 saturated carbocycles. The van der Waals surface area contributed by atoms with Gasteiger partial charge < -0.3 is 10.1 Å². The van der Waals surface area contributed by atoms with Gasteiger partial charge in [-0.3, -0.25) is 4.79 Å². The highest BCUT2D eigenvalue weighted by molar-refractivity contribution is 7.91. The molecule has 0 spiro atoms. The molecule has 1 aliphatic rings. The van der Waals surface area contributed by atoms with Crippen LogP contribution in [0, 0.1) is 6.92 Å². The first-order valence-electron chi connectivity index (χ1n) is 7.70. The van der Waals surface area contributed by atoms with Crippen LogP contribution in [0.2, 0.25) is 5.02 Å². The Balaban J connectivity index is 1.89. The van der Waals surface area contributed by atoms with Gasteiger partial charge in [-0.05, 0) is 31.5 Å². The zero-order valence-electron chi connectivity index (χ0n) is 13.8. The Bertz CT molecular complexity index is 923. The average molecular weight is 384 g/mol. The summed E-state index contributed by atoms with van der Waals surface area (Å²) in [4.78, 5) is 12.6. The number of halogens is 1. The third-order valence-corrected chi connectivity index (χ3v) is 6.05. The molecule has 1 saturated heterocycles. The molecule has 1 aromatic carbocycles. The second-order valence-corrected chi connectivity index (χ2v) is 8.64. The van der Waals surface area contributed by atoms with Crippen molar-refractivity contribution in [3.8, 4) is 5.75 Å². The number of carbonyl (C=O) groups is 1. The lowest BCUT2D eigenvalue weighted by Gasteiger charge is -2.14. The van der Waals surface area contributed by atoms with Crippen molar-refractivity contribution in [2.75, 3.05) is 23.9 Å². The molecule has 1 aromatic heterocycles. The third-order valence-electron chi connectivity index (χ3n) is 4.06. The first kappa shape index (κ1) is 17.8. The molecule has 1 atom stereocenters. The number of benzene rings is 1. The molecule has 3 rings (SSSR count). The van der Waals surface area contributed by atoms with Crippen molar-refractivity contribution < 1.29 is 17.9 Å². The molecule has 1 aliphatic heterocycles. The Morgan fingerprint density at radius 1 is 1.40 bits per heavy atom. The molecule has 9 heteroatoms. The first-order valence-corrected chi connectivity index (χ1v) is 9.90. The Labute approximate surface area is 150 Å². The lowest BCUT2D eigenvalue weighted by Crippen LogP contribution is -2.20. The van der Waals surface area contributed by atoms with E-state index in [1.54, 1.807) is 29.8 Å². The average Bonchev–Trinajstić information content (AvgIpc) is 3.09. The fourth-order valence-electron chi connectivity index (χ4n) is 2.90. The number of hydrogen-bond acceptors (Lipinski definition) is 5.